The molecule has 4 rings (SSSR count). The van der Waals surface area contributed by atoms with Gasteiger partial charge in [-0.05, 0) is 92.6 Å². The molecule has 1 aliphatic rings. The fourth-order valence-electron chi connectivity index (χ4n) is 5.23. The van der Waals surface area contributed by atoms with Crippen LogP contribution in [0.1, 0.15) is 65.8 Å². The van der Waals surface area contributed by atoms with Crippen molar-refractivity contribution in [2.75, 3.05) is 7.11 Å². The summed E-state index contributed by atoms with van der Waals surface area (Å²) in [5, 5.41) is 10.3. The predicted octanol–water partition coefficient (Wildman–Crippen LogP) is 6.74. The van der Waals surface area contributed by atoms with E-state index in [1.54, 1.807) is 7.11 Å². The Labute approximate surface area is 214 Å². The second-order valence-electron chi connectivity index (χ2n) is 10.8. The number of aryl methyl sites for hydroxylation is 1. The lowest BCUT2D eigenvalue weighted by Gasteiger charge is -2.30. The fourth-order valence-corrected chi connectivity index (χ4v) is 5.23. The number of rotatable bonds is 7. The number of benzene rings is 3. The van der Waals surface area contributed by atoms with Crippen molar-refractivity contribution in [3.63, 3.8) is 0 Å². The predicted molar refractivity (Wildman–Crippen MR) is 143 cm³/mol. The van der Waals surface area contributed by atoms with Crippen molar-refractivity contribution < 1.29 is 19.4 Å². The van der Waals surface area contributed by atoms with E-state index >= 15 is 0 Å². The number of hydrogen-bond acceptors (Lipinski definition) is 4. The molecule has 0 amide bonds. The van der Waals surface area contributed by atoms with Gasteiger partial charge in [0.2, 0.25) is 0 Å². The normalized spacial score (nSPS) is 14.5. The van der Waals surface area contributed by atoms with Crippen LogP contribution in [0.4, 0.5) is 0 Å². The van der Waals surface area contributed by atoms with Crippen LogP contribution < -0.4 is 4.74 Å². The molecule has 0 unspecified atom stereocenters. The maximum atomic E-state index is 12.6. The molecule has 1 heterocycles. The first-order valence-corrected chi connectivity index (χ1v) is 12.5. The highest BCUT2D eigenvalue weighted by Gasteiger charge is 2.35. The van der Waals surface area contributed by atoms with E-state index in [4.69, 9.17) is 9.47 Å². The van der Waals surface area contributed by atoms with Gasteiger partial charge in [0.1, 0.15) is 5.75 Å². The van der Waals surface area contributed by atoms with Crippen molar-refractivity contribution in [2.45, 2.75) is 72.9 Å². The Balaban J connectivity index is 1.84. The van der Waals surface area contributed by atoms with E-state index in [0.717, 1.165) is 53.2 Å². The van der Waals surface area contributed by atoms with Crippen LogP contribution in [0.2, 0.25) is 0 Å². The monoisotopic (exact) mass is 487 g/mol. The number of ether oxygens (including phenoxy) is 2. The van der Waals surface area contributed by atoms with Gasteiger partial charge in [-0.1, -0.05) is 42.0 Å². The van der Waals surface area contributed by atoms with Crippen molar-refractivity contribution >= 4 is 5.97 Å². The Morgan fingerprint density at radius 2 is 1.64 bits per heavy atom. The van der Waals surface area contributed by atoms with Crippen molar-refractivity contribution in [3.8, 4) is 16.9 Å². The number of carboxylic acids is 1. The lowest BCUT2D eigenvalue weighted by molar-refractivity contribution is -0.160. The second kappa shape index (κ2) is 10.1. The average molecular weight is 488 g/mol. The molecule has 3 aromatic carbocycles. The van der Waals surface area contributed by atoms with Crippen LogP contribution in [0.3, 0.4) is 0 Å². The number of nitrogens with zero attached hydrogens (tertiary/aromatic N) is 1. The molecule has 190 valence electrons. The van der Waals surface area contributed by atoms with E-state index < -0.39 is 17.7 Å². The van der Waals surface area contributed by atoms with Crippen molar-refractivity contribution in [1.82, 2.24) is 4.90 Å². The third-order valence-electron chi connectivity index (χ3n) is 6.92. The minimum absolute atomic E-state index is 0.606. The van der Waals surface area contributed by atoms with Crippen LogP contribution in [0.15, 0.2) is 48.5 Å². The zero-order chi connectivity index (χ0) is 26.2. The number of aliphatic carboxylic acids is 1. The number of fused-ring (bicyclic) bond motifs is 1. The zero-order valence-corrected chi connectivity index (χ0v) is 22.4. The number of carbonyl (C=O) groups is 1. The zero-order valence-electron chi connectivity index (χ0n) is 22.4. The number of hydrogen-bond donors (Lipinski definition) is 1. The molecule has 0 aromatic heterocycles. The van der Waals surface area contributed by atoms with Gasteiger partial charge >= 0.3 is 5.97 Å². The van der Waals surface area contributed by atoms with Gasteiger partial charge in [0.05, 0.1) is 12.7 Å². The molecule has 3 aromatic rings. The van der Waals surface area contributed by atoms with Gasteiger partial charge in [0, 0.05) is 25.2 Å². The highest BCUT2D eigenvalue weighted by atomic mass is 16.5. The van der Waals surface area contributed by atoms with Gasteiger partial charge in [-0.3, -0.25) is 4.90 Å². The van der Waals surface area contributed by atoms with E-state index in [0.29, 0.717) is 0 Å². The highest BCUT2D eigenvalue weighted by molar-refractivity contribution is 5.84. The molecule has 0 bridgehead atoms. The molecule has 5 heteroatoms. The Bertz CT molecular complexity index is 1270. The fraction of sp³-hybridized carbons (Fsp3) is 0.387. The van der Waals surface area contributed by atoms with Crippen LogP contribution in [-0.4, -0.2) is 28.7 Å². The molecule has 36 heavy (non-hydrogen) atoms. The van der Waals surface area contributed by atoms with Gasteiger partial charge < -0.3 is 14.6 Å². The Kier molecular flexibility index (Phi) is 7.26. The van der Waals surface area contributed by atoms with Gasteiger partial charge in [-0.2, -0.15) is 0 Å². The van der Waals surface area contributed by atoms with Crippen LogP contribution in [0.5, 0.6) is 5.75 Å². The minimum Gasteiger partial charge on any atom is -0.497 e. The first kappa shape index (κ1) is 25.9. The second-order valence-corrected chi connectivity index (χ2v) is 10.8. The molecule has 1 aliphatic heterocycles. The number of methoxy groups -OCH3 is 1. The summed E-state index contributed by atoms with van der Waals surface area (Å²) in [7, 11) is 1.68. The third kappa shape index (κ3) is 5.32. The molecule has 0 spiro atoms. The number of carboxylic acid groups (broad SMARTS) is 1. The van der Waals surface area contributed by atoms with Crippen molar-refractivity contribution in [1.29, 1.82) is 0 Å². The summed E-state index contributed by atoms with van der Waals surface area (Å²) < 4.78 is 11.6. The van der Waals surface area contributed by atoms with Gasteiger partial charge in [-0.15, -0.1) is 0 Å². The third-order valence-corrected chi connectivity index (χ3v) is 6.92. The molecule has 5 nitrogen and oxygen atoms in total. The maximum Gasteiger partial charge on any atom is 0.337 e. The molecule has 0 fully saturated rings. The van der Waals surface area contributed by atoms with Crippen LogP contribution in [0, 0.1) is 20.8 Å². The molecule has 0 aliphatic carbocycles. The van der Waals surface area contributed by atoms with Crippen LogP contribution in [-0.2, 0) is 29.2 Å². The lowest BCUT2D eigenvalue weighted by Crippen LogP contribution is -2.28. The van der Waals surface area contributed by atoms with Crippen LogP contribution in [0.25, 0.3) is 11.1 Å². The maximum absolute atomic E-state index is 12.6. The summed E-state index contributed by atoms with van der Waals surface area (Å²) in [6, 6.07) is 16.5. The quantitative estimate of drug-likeness (QED) is 0.400. The molecule has 0 saturated heterocycles. The average Bonchev–Trinajstić information content (AvgIpc) is 3.24. The summed E-state index contributed by atoms with van der Waals surface area (Å²) in [6.07, 6.45) is -1.06. The van der Waals surface area contributed by atoms with Gasteiger partial charge in [-0.25, -0.2) is 4.79 Å². The minimum atomic E-state index is -1.06. The largest absolute Gasteiger partial charge is 0.497 e. The topological polar surface area (TPSA) is 59.0 Å². The van der Waals surface area contributed by atoms with Crippen LogP contribution >= 0.6 is 0 Å². The lowest BCUT2D eigenvalue weighted by atomic mass is 9.83. The van der Waals surface area contributed by atoms with Gasteiger partial charge in [0.15, 0.2) is 6.10 Å². The SMILES string of the molecule is COc1cccc(CN2Cc3c(C)c(-c4ccc(C)cc4)c([C@H](OC(C)(C)C)C(=O)O)c(C)c3C2)c1. The Morgan fingerprint density at radius 1 is 1.00 bits per heavy atom. The molecule has 0 radical (unpaired) electrons. The molecular weight excluding hydrogens is 450 g/mol. The first-order chi connectivity index (χ1) is 17.0. The Hall–Kier alpha value is -3.15. The molecule has 0 saturated carbocycles. The van der Waals surface area contributed by atoms with E-state index in [2.05, 4.69) is 62.1 Å². The first-order valence-electron chi connectivity index (χ1n) is 12.5. The summed E-state index contributed by atoms with van der Waals surface area (Å²) in [6.45, 7) is 14.3. The van der Waals surface area contributed by atoms with E-state index in [1.807, 2.05) is 32.9 Å². The summed E-state index contributed by atoms with van der Waals surface area (Å²) in [5.41, 5.74) is 9.16. The molecule has 1 N–H and O–H groups in total. The van der Waals surface area contributed by atoms with Crippen molar-refractivity contribution in [3.05, 3.63) is 87.5 Å². The van der Waals surface area contributed by atoms with Gasteiger partial charge in [0.25, 0.3) is 0 Å². The van der Waals surface area contributed by atoms with E-state index in [9.17, 15) is 9.90 Å². The summed E-state index contributed by atoms with van der Waals surface area (Å²) >= 11 is 0. The van der Waals surface area contributed by atoms with Crippen molar-refractivity contribution in [2.24, 2.45) is 0 Å². The van der Waals surface area contributed by atoms with E-state index in [1.165, 1.54) is 22.3 Å². The molecule has 1 atom stereocenters. The van der Waals surface area contributed by atoms with E-state index in [-0.39, 0.29) is 0 Å². The summed E-state index contributed by atoms with van der Waals surface area (Å²) in [4.78, 5) is 15.0. The Morgan fingerprint density at radius 3 is 2.22 bits per heavy atom. The summed E-state index contributed by atoms with van der Waals surface area (Å²) in [5.74, 6) is -0.115. The smallest absolute Gasteiger partial charge is 0.337 e. The standard InChI is InChI=1S/C31H37NO4/c1-19-11-13-23(14-12-19)27-20(2)25-17-32(16-22-9-8-10-24(15-22)35-7)18-26(25)21(3)28(27)29(30(33)34)36-31(4,5)6/h8-15,29H,16-18H2,1-7H3,(H,33,34)/t29-/m0/s1. The highest BCUT2D eigenvalue weighted by Crippen LogP contribution is 2.44. The molecular formula is C31H37NO4.